The smallest absolute Gasteiger partial charge is 0.229 e. The van der Waals surface area contributed by atoms with Crippen molar-refractivity contribution in [3.63, 3.8) is 0 Å². The molecule has 1 N–H and O–H groups in total. The Kier molecular flexibility index (Phi) is 6.12. The van der Waals surface area contributed by atoms with E-state index >= 15 is 0 Å². The van der Waals surface area contributed by atoms with Gasteiger partial charge in [0.2, 0.25) is 11.8 Å². The molecule has 5 heteroatoms. The van der Waals surface area contributed by atoms with Crippen LogP contribution in [0.5, 0.6) is 5.75 Å². The first kappa shape index (κ1) is 19.0. The maximum Gasteiger partial charge on any atom is 0.229 e. The molecule has 0 saturated carbocycles. The number of rotatable bonds is 7. The summed E-state index contributed by atoms with van der Waals surface area (Å²) in [5.41, 5.74) is 3.16. The second kappa shape index (κ2) is 8.71. The monoisotopic (exact) mass is 366 g/mol. The van der Waals surface area contributed by atoms with E-state index in [9.17, 15) is 9.59 Å². The van der Waals surface area contributed by atoms with Gasteiger partial charge < -0.3 is 15.0 Å². The number of ether oxygens (including phenoxy) is 1. The molecule has 142 valence electrons. The first-order valence-electron chi connectivity index (χ1n) is 9.39. The molecule has 1 unspecified atom stereocenters. The van der Waals surface area contributed by atoms with Crippen LogP contribution in [-0.4, -0.2) is 36.9 Å². The molecule has 2 amide bonds. The van der Waals surface area contributed by atoms with Crippen LogP contribution in [0.3, 0.4) is 0 Å². The zero-order chi connectivity index (χ0) is 19.2. The van der Waals surface area contributed by atoms with Gasteiger partial charge in [0, 0.05) is 25.2 Å². The van der Waals surface area contributed by atoms with Gasteiger partial charge >= 0.3 is 0 Å². The standard InChI is InChI=1S/C22H26N2O3/c1-3-16-4-8-19(9-5-16)23-22(26)18-14-21(25)24(15-18)13-12-17-6-10-20(27-2)11-7-17/h4-11,18H,3,12-15H2,1-2H3,(H,23,26). The van der Waals surface area contributed by atoms with Gasteiger partial charge in [0.05, 0.1) is 13.0 Å². The molecule has 0 aliphatic carbocycles. The summed E-state index contributed by atoms with van der Waals surface area (Å²) in [6, 6.07) is 15.7. The summed E-state index contributed by atoms with van der Waals surface area (Å²) in [5, 5.41) is 2.93. The molecule has 1 saturated heterocycles. The number of aryl methyl sites for hydroxylation is 1. The molecule has 0 aromatic heterocycles. The molecule has 1 fully saturated rings. The highest BCUT2D eigenvalue weighted by Crippen LogP contribution is 2.21. The molecule has 1 aliphatic rings. The van der Waals surface area contributed by atoms with E-state index in [0.29, 0.717) is 13.1 Å². The number of methoxy groups -OCH3 is 1. The highest BCUT2D eigenvalue weighted by molar-refractivity contribution is 5.97. The maximum atomic E-state index is 12.5. The number of amides is 2. The summed E-state index contributed by atoms with van der Waals surface area (Å²) in [6.45, 7) is 3.20. The van der Waals surface area contributed by atoms with Crippen molar-refractivity contribution in [1.29, 1.82) is 0 Å². The summed E-state index contributed by atoms with van der Waals surface area (Å²) < 4.78 is 5.16. The molecular weight excluding hydrogens is 340 g/mol. The minimum absolute atomic E-state index is 0.0463. The number of nitrogens with zero attached hydrogens (tertiary/aromatic N) is 1. The maximum absolute atomic E-state index is 12.5. The molecule has 1 aliphatic heterocycles. The number of carbonyl (C=O) groups excluding carboxylic acids is 2. The van der Waals surface area contributed by atoms with Crippen LogP contribution in [0.4, 0.5) is 5.69 Å². The third kappa shape index (κ3) is 4.88. The number of nitrogens with one attached hydrogen (secondary N) is 1. The van der Waals surface area contributed by atoms with Gasteiger partial charge in [-0.2, -0.15) is 0 Å². The fourth-order valence-electron chi connectivity index (χ4n) is 3.29. The molecule has 0 bridgehead atoms. The number of anilines is 1. The van der Waals surface area contributed by atoms with E-state index in [1.54, 1.807) is 12.0 Å². The lowest BCUT2D eigenvalue weighted by Crippen LogP contribution is -2.30. The summed E-state index contributed by atoms with van der Waals surface area (Å²) in [5.74, 6) is 0.489. The number of benzene rings is 2. The molecule has 27 heavy (non-hydrogen) atoms. The van der Waals surface area contributed by atoms with Gasteiger partial charge in [0.1, 0.15) is 5.75 Å². The van der Waals surface area contributed by atoms with Crippen molar-refractivity contribution in [2.24, 2.45) is 5.92 Å². The predicted octanol–water partition coefficient (Wildman–Crippen LogP) is 3.29. The second-order valence-corrected chi connectivity index (χ2v) is 6.88. The summed E-state index contributed by atoms with van der Waals surface area (Å²) in [6.07, 6.45) is 2.01. The lowest BCUT2D eigenvalue weighted by atomic mass is 10.1. The van der Waals surface area contributed by atoms with Crippen molar-refractivity contribution in [1.82, 2.24) is 4.90 Å². The molecule has 2 aromatic rings. The Labute approximate surface area is 160 Å². The van der Waals surface area contributed by atoms with E-state index in [-0.39, 0.29) is 24.2 Å². The van der Waals surface area contributed by atoms with Crippen LogP contribution in [0.1, 0.15) is 24.5 Å². The Hall–Kier alpha value is -2.82. The fraction of sp³-hybridized carbons (Fsp3) is 0.364. The molecule has 0 radical (unpaired) electrons. The van der Waals surface area contributed by atoms with E-state index in [4.69, 9.17) is 4.74 Å². The molecule has 0 spiro atoms. The number of hydrogen-bond donors (Lipinski definition) is 1. The highest BCUT2D eigenvalue weighted by atomic mass is 16.5. The molecule has 3 rings (SSSR count). The van der Waals surface area contributed by atoms with E-state index in [2.05, 4.69) is 12.2 Å². The quantitative estimate of drug-likeness (QED) is 0.818. The Balaban J connectivity index is 1.51. The van der Waals surface area contributed by atoms with Gasteiger partial charge in [-0.15, -0.1) is 0 Å². The van der Waals surface area contributed by atoms with Crippen molar-refractivity contribution in [2.75, 3.05) is 25.5 Å². The molecule has 5 nitrogen and oxygen atoms in total. The van der Waals surface area contributed by atoms with Crippen molar-refractivity contribution in [3.05, 3.63) is 59.7 Å². The minimum atomic E-state index is -0.292. The number of hydrogen-bond acceptors (Lipinski definition) is 3. The largest absolute Gasteiger partial charge is 0.497 e. The molecule has 1 atom stereocenters. The summed E-state index contributed by atoms with van der Waals surface area (Å²) in [7, 11) is 1.64. The van der Waals surface area contributed by atoms with E-state index in [1.807, 2.05) is 48.5 Å². The normalized spacial score (nSPS) is 16.4. The van der Waals surface area contributed by atoms with Crippen LogP contribution in [0, 0.1) is 5.92 Å². The van der Waals surface area contributed by atoms with Gasteiger partial charge in [-0.25, -0.2) is 0 Å². The van der Waals surface area contributed by atoms with Crippen LogP contribution in [0.15, 0.2) is 48.5 Å². The van der Waals surface area contributed by atoms with Crippen LogP contribution in [0.25, 0.3) is 0 Å². The van der Waals surface area contributed by atoms with Gasteiger partial charge in [0.15, 0.2) is 0 Å². The van der Waals surface area contributed by atoms with Gasteiger partial charge in [-0.1, -0.05) is 31.2 Å². The van der Waals surface area contributed by atoms with E-state index < -0.39 is 0 Å². The zero-order valence-corrected chi connectivity index (χ0v) is 15.9. The predicted molar refractivity (Wildman–Crippen MR) is 106 cm³/mol. The SMILES string of the molecule is CCc1ccc(NC(=O)C2CC(=O)N(CCc3ccc(OC)cc3)C2)cc1. The first-order valence-corrected chi connectivity index (χ1v) is 9.39. The van der Waals surface area contributed by atoms with E-state index in [0.717, 1.165) is 29.8 Å². The molecule has 1 heterocycles. The Morgan fingerprint density at radius 1 is 1.11 bits per heavy atom. The molecule has 2 aromatic carbocycles. The van der Waals surface area contributed by atoms with Crippen LogP contribution in [-0.2, 0) is 22.4 Å². The van der Waals surface area contributed by atoms with Gasteiger partial charge in [-0.05, 0) is 48.2 Å². The van der Waals surface area contributed by atoms with Crippen molar-refractivity contribution < 1.29 is 14.3 Å². The van der Waals surface area contributed by atoms with Crippen molar-refractivity contribution in [3.8, 4) is 5.75 Å². The lowest BCUT2D eigenvalue weighted by molar-refractivity contribution is -0.128. The van der Waals surface area contributed by atoms with Crippen molar-refractivity contribution in [2.45, 2.75) is 26.2 Å². The van der Waals surface area contributed by atoms with E-state index in [1.165, 1.54) is 5.56 Å². The topological polar surface area (TPSA) is 58.6 Å². The average Bonchev–Trinajstić information content (AvgIpc) is 3.08. The molecular formula is C22H26N2O3. The summed E-state index contributed by atoms with van der Waals surface area (Å²) in [4.78, 5) is 26.6. The number of carbonyl (C=O) groups is 2. The summed E-state index contributed by atoms with van der Waals surface area (Å²) >= 11 is 0. The number of likely N-dealkylation sites (tertiary alicyclic amines) is 1. The Morgan fingerprint density at radius 3 is 2.41 bits per heavy atom. The average molecular weight is 366 g/mol. The van der Waals surface area contributed by atoms with Crippen LogP contribution in [0.2, 0.25) is 0 Å². The third-order valence-electron chi connectivity index (χ3n) is 5.04. The second-order valence-electron chi connectivity index (χ2n) is 6.88. The highest BCUT2D eigenvalue weighted by Gasteiger charge is 2.33. The zero-order valence-electron chi connectivity index (χ0n) is 15.9. The van der Waals surface area contributed by atoms with Crippen LogP contribution >= 0.6 is 0 Å². The minimum Gasteiger partial charge on any atom is -0.497 e. The lowest BCUT2D eigenvalue weighted by Gasteiger charge is -2.17. The third-order valence-corrected chi connectivity index (χ3v) is 5.04. The van der Waals surface area contributed by atoms with Gasteiger partial charge in [-0.3, -0.25) is 9.59 Å². The van der Waals surface area contributed by atoms with Gasteiger partial charge in [0.25, 0.3) is 0 Å². The fourth-order valence-corrected chi connectivity index (χ4v) is 3.29. The van der Waals surface area contributed by atoms with Crippen LogP contribution < -0.4 is 10.1 Å². The Morgan fingerprint density at radius 2 is 1.78 bits per heavy atom. The van der Waals surface area contributed by atoms with Crippen molar-refractivity contribution >= 4 is 17.5 Å². The first-order chi connectivity index (χ1) is 13.1. The Bertz CT molecular complexity index is 784.